The molecule has 1 N–H and O–H groups in total. The maximum atomic E-state index is 12.3. The fraction of sp³-hybridized carbons (Fsp3) is 0.867. The second-order valence-electron chi connectivity index (χ2n) is 7.24. The summed E-state index contributed by atoms with van der Waals surface area (Å²) in [4.78, 5) is 25.1. The van der Waals surface area contributed by atoms with Crippen molar-refractivity contribution in [2.24, 2.45) is 5.41 Å². The predicted octanol–water partition coefficient (Wildman–Crippen LogP) is 3.28. The van der Waals surface area contributed by atoms with Crippen molar-refractivity contribution in [1.82, 2.24) is 4.90 Å². The maximum absolute atomic E-state index is 12.3. The first-order valence-electron chi connectivity index (χ1n) is 7.24. The molecule has 1 fully saturated rings. The van der Waals surface area contributed by atoms with Crippen molar-refractivity contribution in [1.29, 1.82) is 0 Å². The van der Waals surface area contributed by atoms with Gasteiger partial charge in [-0.1, -0.05) is 13.8 Å². The monoisotopic (exact) mass is 285 g/mol. The zero-order valence-electron chi connectivity index (χ0n) is 13.2. The van der Waals surface area contributed by atoms with Crippen molar-refractivity contribution < 1.29 is 19.4 Å². The van der Waals surface area contributed by atoms with Crippen LogP contribution in [-0.4, -0.2) is 40.3 Å². The highest BCUT2D eigenvalue weighted by Gasteiger charge is 2.40. The number of ether oxygens (including phenoxy) is 1. The molecule has 1 atom stereocenters. The van der Waals surface area contributed by atoms with Crippen molar-refractivity contribution in [2.75, 3.05) is 6.54 Å². The molecule has 1 unspecified atom stereocenters. The number of amides is 1. The lowest BCUT2D eigenvalue weighted by atomic mass is 9.76. The number of nitrogens with zero attached hydrogens (tertiary/aromatic N) is 1. The molecule has 1 amide bonds. The average molecular weight is 285 g/mol. The van der Waals surface area contributed by atoms with Crippen LogP contribution in [0, 0.1) is 5.41 Å². The molecule has 0 saturated carbocycles. The molecule has 0 spiro atoms. The van der Waals surface area contributed by atoms with E-state index in [0.29, 0.717) is 6.54 Å². The van der Waals surface area contributed by atoms with Gasteiger partial charge >= 0.3 is 12.1 Å². The van der Waals surface area contributed by atoms with Crippen LogP contribution in [0.1, 0.15) is 60.3 Å². The number of rotatable bonds is 3. The van der Waals surface area contributed by atoms with Crippen LogP contribution in [0.25, 0.3) is 0 Å². The third kappa shape index (κ3) is 4.69. The number of piperidine rings is 1. The van der Waals surface area contributed by atoms with Gasteiger partial charge in [0.05, 0.1) is 6.42 Å². The fourth-order valence-corrected chi connectivity index (χ4v) is 2.79. The van der Waals surface area contributed by atoms with E-state index in [1.807, 2.05) is 34.6 Å². The Morgan fingerprint density at radius 2 is 1.80 bits per heavy atom. The highest BCUT2D eigenvalue weighted by Crippen LogP contribution is 2.36. The van der Waals surface area contributed by atoms with Gasteiger partial charge in [0.25, 0.3) is 0 Å². The molecule has 5 nitrogen and oxygen atoms in total. The number of carboxylic acid groups (broad SMARTS) is 1. The van der Waals surface area contributed by atoms with Crippen molar-refractivity contribution in [2.45, 2.75) is 71.9 Å². The molecule has 0 aromatic carbocycles. The Morgan fingerprint density at radius 1 is 1.20 bits per heavy atom. The van der Waals surface area contributed by atoms with Gasteiger partial charge in [-0.05, 0) is 45.4 Å². The molecule has 0 aromatic rings. The van der Waals surface area contributed by atoms with E-state index in [0.717, 1.165) is 19.3 Å². The fourth-order valence-electron chi connectivity index (χ4n) is 2.79. The van der Waals surface area contributed by atoms with E-state index < -0.39 is 17.0 Å². The lowest BCUT2D eigenvalue weighted by molar-refractivity contribution is -0.140. The number of likely N-dealkylation sites (tertiary alicyclic amines) is 1. The molecule has 5 heteroatoms. The molecule has 0 aromatic heterocycles. The van der Waals surface area contributed by atoms with Crippen LogP contribution >= 0.6 is 0 Å². The van der Waals surface area contributed by atoms with Crippen molar-refractivity contribution in [3.8, 4) is 0 Å². The van der Waals surface area contributed by atoms with E-state index in [1.165, 1.54) is 0 Å². The van der Waals surface area contributed by atoms with Gasteiger partial charge in [-0.3, -0.25) is 4.79 Å². The standard InChI is InChI=1S/C15H27NO4/c1-14(2,3)20-13(19)16-9-7-6-8-11(16)15(4,5)10-12(17)18/h11H,6-10H2,1-5H3,(H,17,18). The van der Waals surface area contributed by atoms with Gasteiger partial charge < -0.3 is 14.7 Å². The highest BCUT2D eigenvalue weighted by molar-refractivity contribution is 5.70. The summed E-state index contributed by atoms with van der Waals surface area (Å²) in [5.41, 5.74) is -0.987. The van der Waals surface area contributed by atoms with Gasteiger partial charge in [0, 0.05) is 12.6 Å². The molecule has 1 saturated heterocycles. The number of carboxylic acids is 1. The summed E-state index contributed by atoms with van der Waals surface area (Å²) in [5, 5.41) is 9.06. The quantitative estimate of drug-likeness (QED) is 0.864. The topological polar surface area (TPSA) is 66.8 Å². The lowest BCUT2D eigenvalue weighted by Gasteiger charge is -2.44. The molecular formula is C15H27NO4. The smallest absolute Gasteiger partial charge is 0.410 e. The highest BCUT2D eigenvalue weighted by atomic mass is 16.6. The summed E-state index contributed by atoms with van der Waals surface area (Å²) < 4.78 is 5.45. The number of hydrogen-bond donors (Lipinski definition) is 1. The Hall–Kier alpha value is -1.26. The van der Waals surface area contributed by atoms with Gasteiger partial charge in [0.15, 0.2) is 0 Å². The van der Waals surface area contributed by atoms with E-state index in [-0.39, 0.29) is 18.6 Å². The van der Waals surface area contributed by atoms with Gasteiger partial charge in [0.2, 0.25) is 0 Å². The zero-order valence-corrected chi connectivity index (χ0v) is 13.2. The summed E-state index contributed by atoms with van der Waals surface area (Å²) >= 11 is 0. The molecule has 0 bridgehead atoms. The normalized spacial score (nSPS) is 20.6. The van der Waals surface area contributed by atoms with E-state index in [9.17, 15) is 9.59 Å². The molecule has 0 radical (unpaired) electrons. The van der Waals surface area contributed by atoms with Crippen LogP contribution in [0.5, 0.6) is 0 Å². The molecule has 1 heterocycles. The molecule has 1 aliphatic heterocycles. The van der Waals surface area contributed by atoms with Gasteiger partial charge in [0.1, 0.15) is 5.60 Å². The Bertz CT molecular complexity index is 371. The van der Waals surface area contributed by atoms with Crippen LogP contribution in [-0.2, 0) is 9.53 Å². The summed E-state index contributed by atoms with van der Waals surface area (Å²) in [7, 11) is 0. The van der Waals surface area contributed by atoms with Crippen molar-refractivity contribution in [3.05, 3.63) is 0 Å². The van der Waals surface area contributed by atoms with Crippen molar-refractivity contribution >= 4 is 12.1 Å². The van der Waals surface area contributed by atoms with Crippen LogP contribution in [0.3, 0.4) is 0 Å². The lowest BCUT2D eigenvalue weighted by Crippen LogP contribution is -2.52. The zero-order chi connectivity index (χ0) is 15.6. The number of carbonyl (C=O) groups excluding carboxylic acids is 1. The first-order valence-corrected chi connectivity index (χ1v) is 7.24. The summed E-state index contributed by atoms with van der Waals surface area (Å²) in [6.45, 7) is 9.98. The van der Waals surface area contributed by atoms with Crippen molar-refractivity contribution in [3.63, 3.8) is 0 Å². The second-order valence-corrected chi connectivity index (χ2v) is 7.24. The minimum absolute atomic E-state index is 0.0525. The molecule has 1 rings (SSSR count). The molecule has 1 aliphatic rings. The Kier molecular flexibility index (Phi) is 5.05. The molecule has 116 valence electrons. The van der Waals surface area contributed by atoms with Gasteiger partial charge in [-0.25, -0.2) is 4.79 Å². The predicted molar refractivity (Wildman–Crippen MR) is 76.6 cm³/mol. The average Bonchev–Trinajstić information content (AvgIpc) is 2.25. The Morgan fingerprint density at radius 3 is 2.30 bits per heavy atom. The van der Waals surface area contributed by atoms with Crippen LogP contribution in [0.15, 0.2) is 0 Å². The van der Waals surface area contributed by atoms with E-state index in [2.05, 4.69) is 0 Å². The molecule has 20 heavy (non-hydrogen) atoms. The molecule has 0 aliphatic carbocycles. The largest absolute Gasteiger partial charge is 0.481 e. The molecular weight excluding hydrogens is 258 g/mol. The van der Waals surface area contributed by atoms with E-state index in [4.69, 9.17) is 9.84 Å². The maximum Gasteiger partial charge on any atom is 0.410 e. The summed E-state index contributed by atoms with van der Waals surface area (Å²) in [5.74, 6) is -0.829. The minimum atomic E-state index is -0.829. The van der Waals surface area contributed by atoms with Crippen LogP contribution < -0.4 is 0 Å². The van der Waals surface area contributed by atoms with E-state index in [1.54, 1.807) is 4.90 Å². The van der Waals surface area contributed by atoms with E-state index >= 15 is 0 Å². The first kappa shape index (κ1) is 16.8. The third-order valence-electron chi connectivity index (χ3n) is 3.64. The Labute approximate surface area is 121 Å². The SMILES string of the molecule is CC(C)(C)OC(=O)N1CCCCC1C(C)(C)CC(=O)O. The number of hydrogen-bond acceptors (Lipinski definition) is 3. The summed E-state index contributed by atoms with van der Waals surface area (Å²) in [6.07, 6.45) is 2.52. The van der Waals surface area contributed by atoms with Gasteiger partial charge in [-0.15, -0.1) is 0 Å². The number of aliphatic carboxylic acids is 1. The second kappa shape index (κ2) is 6.02. The van der Waals surface area contributed by atoms with Gasteiger partial charge in [-0.2, -0.15) is 0 Å². The van der Waals surface area contributed by atoms with Crippen LogP contribution in [0.2, 0.25) is 0 Å². The van der Waals surface area contributed by atoms with Crippen LogP contribution in [0.4, 0.5) is 4.79 Å². The summed E-state index contributed by atoms with van der Waals surface area (Å²) in [6, 6.07) is -0.0813. The number of carbonyl (C=O) groups is 2. The minimum Gasteiger partial charge on any atom is -0.481 e. The third-order valence-corrected chi connectivity index (χ3v) is 3.64. The first-order chi connectivity index (χ1) is 9.03. The Balaban J connectivity index is 2.86.